The fourth-order valence-electron chi connectivity index (χ4n) is 20.3. The van der Waals surface area contributed by atoms with Crippen molar-refractivity contribution in [2.24, 2.45) is 0 Å². The van der Waals surface area contributed by atoms with E-state index in [-0.39, 0.29) is 0 Å². The molecule has 27 rings (SSSR count). The first-order valence-electron chi connectivity index (χ1n) is 44.5. The van der Waals surface area contributed by atoms with Crippen LogP contribution in [0, 0.1) is 0 Å². The summed E-state index contributed by atoms with van der Waals surface area (Å²) >= 11 is 14.1. The second kappa shape index (κ2) is 33.8. The molecular weight excluding hydrogens is 1870 g/mol. The number of rotatable bonds is 8. The quantitative estimate of drug-likeness (QED) is 0.135. The van der Waals surface area contributed by atoms with Crippen molar-refractivity contribution in [3.8, 4) is 67.3 Å². The summed E-state index contributed by atoms with van der Waals surface area (Å²) in [6, 6.07) is 171. The summed E-state index contributed by atoms with van der Waals surface area (Å²) in [6.07, 6.45) is 0. The lowest BCUT2D eigenvalue weighted by Crippen LogP contribution is -1.95. The summed E-state index contributed by atoms with van der Waals surface area (Å²) in [6.45, 7) is 0. The minimum absolute atomic E-state index is 1.09. The predicted molar refractivity (Wildman–Crippen MR) is 578 cm³/mol. The van der Waals surface area contributed by atoms with E-state index in [1.165, 1.54) is 230 Å². The maximum atomic E-state index is 3.56. The van der Waals surface area contributed by atoms with Crippen LogP contribution in [0.25, 0.3) is 230 Å². The molecule has 0 aliphatic carbocycles. The third kappa shape index (κ3) is 14.2. The fourth-order valence-corrected chi connectivity index (χ4v) is 21.3. The molecule has 0 saturated heterocycles. The standard InChI is InChI=1S/3C32H20BrN.C28H18BrN/c33-23-17-13-21(14-18-23)22-15-19-24(20-16-22)34-30-12-6-5-11-29(30)31-27-9-3-1-7-25(27)26-8-2-4-10-28(26)32(31)34;33-25-16-12-21(13-17-25)24-8-5-9-26(20-24)34-30-19-15-22-6-1-3-10-27(22)31(30)29-18-14-23-7-2-4-11-28(23)32(29)34;33-25-15-9-21(10-16-25)22-11-17-26(18-12-22)34-29-19-13-23-5-1-3-7-27(23)31(29)32-28-8-4-2-6-24(28)14-20-30(32)34;29-23-13-9-19(10-14-23)20-11-15-24(16-12-20)30-27-8-4-3-7-25(27)26-17-21-5-1-2-6-22(21)18-28(26)30/h3*1-20H;1-18H. The number of nitrogens with zero attached hydrogens (tertiary/aromatic N) is 4. The molecule has 4 aromatic heterocycles. The van der Waals surface area contributed by atoms with E-state index in [1.807, 2.05) is 0 Å². The minimum Gasteiger partial charge on any atom is -0.309 e. The fraction of sp³-hybridized carbons (Fsp3) is 0. The van der Waals surface area contributed by atoms with Gasteiger partial charge in [0.25, 0.3) is 0 Å². The average Bonchev–Trinajstić information content (AvgIpc) is 1.56. The van der Waals surface area contributed by atoms with Gasteiger partial charge < -0.3 is 18.3 Å². The van der Waals surface area contributed by atoms with Crippen LogP contribution >= 0.6 is 63.7 Å². The van der Waals surface area contributed by atoms with Gasteiger partial charge in [-0.1, -0.05) is 397 Å². The molecule has 27 aromatic rings. The lowest BCUT2D eigenvalue weighted by molar-refractivity contribution is 1.18. The molecule has 0 radical (unpaired) electrons. The van der Waals surface area contributed by atoms with Gasteiger partial charge in [0.1, 0.15) is 0 Å². The van der Waals surface area contributed by atoms with Crippen molar-refractivity contribution in [3.05, 3.63) is 491 Å². The zero-order chi connectivity index (χ0) is 88.0. The topological polar surface area (TPSA) is 19.7 Å². The van der Waals surface area contributed by atoms with Crippen molar-refractivity contribution in [2.75, 3.05) is 0 Å². The molecule has 0 aliphatic heterocycles. The molecule has 0 aliphatic rings. The molecule has 622 valence electrons. The second-order valence-electron chi connectivity index (χ2n) is 33.9. The SMILES string of the molecule is Brc1ccc(-c2ccc(-n3c4ccc5ccccc5c4c4c5ccccc5ccc43)cc2)cc1.Brc1ccc(-c2ccc(-n3c4ccccc4c4c5ccccc5c5ccccc5c43)cc2)cc1.Brc1ccc(-c2ccc(-n3c4ccccc4c4cc5ccccc5cc43)cc2)cc1.Brc1ccc(-c2cccc(-n3c4ccc5ccccc5c4c4ccc5ccccc5c43)c2)cc1. The van der Waals surface area contributed by atoms with E-state index in [0.29, 0.717) is 0 Å². The van der Waals surface area contributed by atoms with E-state index < -0.39 is 0 Å². The monoisotopic (exact) mass is 1940 g/mol. The van der Waals surface area contributed by atoms with Gasteiger partial charge in [0.2, 0.25) is 0 Å². The van der Waals surface area contributed by atoms with Crippen LogP contribution in [0.1, 0.15) is 0 Å². The van der Waals surface area contributed by atoms with Crippen molar-refractivity contribution in [1.29, 1.82) is 0 Å². The Morgan fingerprint density at radius 1 is 0.129 bits per heavy atom. The average molecular weight is 1940 g/mol. The summed E-state index contributed by atoms with van der Waals surface area (Å²) in [5, 5.41) is 28.4. The van der Waals surface area contributed by atoms with Crippen molar-refractivity contribution in [1.82, 2.24) is 18.3 Å². The number of fused-ring (bicyclic) bond motifs is 26. The van der Waals surface area contributed by atoms with Gasteiger partial charge in [-0.15, -0.1) is 0 Å². The Morgan fingerprint density at radius 2 is 0.447 bits per heavy atom. The van der Waals surface area contributed by atoms with Gasteiger partial charge in [-0.3, -0.25) is 0 Å². The van der Waals surface area contributed by atoms with Crippen LogP contribution in [0.2, 0.25) is 0 Å². The summed E-state index contributed by atoms with van der Waals surface area (Å²) in [4.78, 5) is 0. The number of benzene rings is 23. The Bertz CT molecular complexity index is 9120. The van der Waals surface area contributed by atoms with Crippen molar-refractivity contribution in [3.63, 3.8) is 0 Å². The van der Waals surface area contributed by atoms with Gasteiger partial charge in [-0.2, -0.15) is 0 Å². The molecule has 0 N–H and O–H groups in total. The molecule has 4 nitrogen and oxygen atoms in total. The van der Waals surface area contributed by atoms with E-state index in [1.54, 1.807) is 0 Å². The second-order valence-corrected chi connectivity index (χ2v) is 37.5. The Morgan fingerprint density at radius 3 is 0.924 bits per heavy atom. The van der Waals surface area contributed by atoms with E-state index >= 15 is 0 Å². The first-order valence-corrected chi connectivity index (χ1v) is 47.7. The molecule has 0 atom stereocenters. The van der Waals surface area contributed by atoms with Crippen LogP contribution < -0.4 is 0 Å². The van der Waals surface area contributed by atoms with Gasteiger partial charge in [-0.25, -0.2) is 0 Å². The largest absolute Gasteiger partial charge is 0.309 e. The molecule has 0 bridgehead atoms. The maximum absolute atomic E-state index is 3.56. The first kappa shape index (κ1) is 80.3. The van der Waals surface area contributed by atoms with Crippen LogP contribution in [-0.2, 0) is 0 Å². The van der Waals surface area contributed by atoms with Crippen LogP contribution in [0.15, 0.2) is 491 Å². The van der Waals surface area contributed by atoms with Crippen LogP contribution in [0.3, 0.4) is 0 Å². The van der Waals surface area contributed by atoms with Crippen molar-refractivity contribution in [2.45, 2.75) is 0 Å². The Kier molecular flexibility index (Phi) is 20.6. The molecule has 23 aromatic carbocycles. The molecule has 4 heterocycles. The summed E-state index contributed by atoms with van der Waals surface area (Å²) < 4.78 is 14.0. The summed E-state index contributed by atoms with van der Waals surface area (Å²) in [5.41, 5.74) is 24.4. The Labute approximate surface area is 795 Å². The van der Waals surface area contributed by atoms with Gasteiger partial charge in [0.15, 0.2) is 0 Å². The highest BCUT2D eigenvalue weighted by molar-refractivity contribution is 9.11. The third-order valence-corrected chi connectivity index (χ3v) is 28.5. The van der Waals surface area contributed by atoms with E-state index in [0.717, 1.165) is 17.9 Å². The smallest absolute Gasteiger partial charge is 0.0625 e. The molecule has 0 saturated carbocycles. The van der Waals surface area contributed by atoms with Crippen molar-refractivity contribution < 1.29 is 0 Å². The number of hydrogen-bond donors (Lipinski definition) is 0. The van der Waals surface area contributed by atoms with Gasteiger partial charge in [0, 0.05) is 94.5 Å². The van der Waals surface area contributed by atoms with E-state index in [9.17, 15) is 0 Å². The number of halogens is 4. The normalized spacial score (nSPS) is 11.6. The molecule has 0 fully saturated rings. The number of para-hydroxylation sites is 2. The van der Waals surface area contributed by atoms with E-state index in [2.05, 4.69) is 555 Å². The number of hydrogen-bond acceptors (Lipinski definition) is 0. The summed E-state index contributed by atoms with van der Waals surface area (Å²) in [5.74, 6) is 0. The third-order valence-electron chi connectivity index (χ3n) is 26.4. The zero-order valence-corrected chi connectivity index (χ0v) is 77.7. The molecule has 132 heavy (non-hydrogen) atoms. The molecular formula is C124H78Br4N4. The highest BCUT2D eigenvalue weighted by Gasteiger charge is 2.24. The first-order chi connectivity index (χ1) is 65.1. The highest BCUT2D eigenvalue weighted by Crippen LogP contribution is 2.47. The highest BCUT2D eigenvalue weighted by atomic mass is 79.9. The van der Waals surface area contributed by atoms with Gasteiger partial charge >= 0.3 is 0 Å². The van der Waals surface area contributed by atoms with Crippen LogP contribution in [0.5, 0.6) is 0 Å². The molecule has 0 amide bonds. The molecule has 0 unspecified atom stereocenters. The minimum atomic E-state index is 1.09. The Hall–Kier alpha value is -15.0. The lowest BCUT2D eigenvalue weighted by atomic mass is 9.97. The van der Waals surface area contributed by atoms with E-state index in [4.69, 9.17) is 0 Å². The summed E-state index contributed by atoms with van der Waals surface area (Å²) in [7, 11) is 0. The van der Waals surface area contributed by atoms with Gasteiger partial charge in [-0.05, 0) is 249 Å². The Balaban J connectivity index is 0.0000000972. The van der Waals surface area contributed by atoms with Gasteiger partial charge in [0.05, 0.1) is 44.1 Å². The zero-order valence-electron chi connectivity index (χ0n) is 71.3. The van der Waals surface area contributed by atoms with Crippen molar-refractivity contribution >= 4 is 226 Å². The lowest BCUT2D eigenvalue weighted by Gasteiger charge is -2.13. The molecule has 8 heteroatoms. The number of aromatic nitrogens is 4. The van der Waals surface area contributed by atoms with Crippen LogP contribution in [-0.4, -0.2) is 18.3 Å². The van der Waals surface area contributed by atoms with Crippen LogP contribution in [0.4, 0.5) is 0 Å². The maximum Gasteiger partial charge on any atom is 0.0625 e. The predicted octanol–water partition coefficient (Wildman–Crippen LogP) is 36.9. The molecule has 0 spiro atoms.